The molecule has 2 N–H and O–H groups in total. The van der Waals surface area contributed by atoms with Crippen LogP contribution in [0.15, 0.2) is 18.2 Å². The summed E-state index contributed by atoms with van der Waals surface area (Å²) in [7, 11) is 0. The van der Waals surface area contributed by atoms with E-state index in [-0.39, 0.29) is 12.4 Å². The summed E-state index contributed by atoms with van der Waals surface area (Å²) in [5.41, 5.74) is 0.867. The smallest absolute Gasteiger partial charge is 0.123 e. The van der Waals surface area contributed by atoms with Crippen LogP contribution in [0, 0.1) is 5.82 Å². The van der Waals surface area contributed by atoms with Crippen molar-refractivity contribution >= 4 is 0 Å². The molecule has 1 fully saturated rings. The summed E-state index contributed by atoms with van der Waals surface area (Å²) >= 11 is 0. The van der Waals surface area contributed by atoms with E-state index < -0.39 is 0 Å². The second-order valence-electron chi connectivity index (χ2n) is 4.69. The number of nitrogens with one attached hydrogen (secondary N) is 1. The highest BCUT2D eigenvalue weighted by molar-refractivity contribution is 5.34. The molecule has 0 heterocycles. The first-order chi connectivity index (χ1) is 8.79. The van der Waals surface area contributed by atoms with Gasteiger partial charge in [0.2, 0.25) is 0 Å². The van der Waals surface area contributed by atoms with Crippen molar-refractivity contribution in [2.75, 3.05) is 13.2 Å². The normalized spacial score (nSPS) is 14.8. The highest BCUT2D eigenvalue weighted by Crippen LogP contribution is 2.23. The monoisotopic (exact) mass is 253 g/mol. The Hall–Kier alpha value is -1.13. The van der Waals surface area contributed by atoms with Crippen LogP contribution < -0.4 is 10.1 Å². The second-order valence-corrected chi connectivity index (χ2v) is 4.69. The third-order valence-corrected chi connectivity index (χ3v) is 2.99. The Balaban J connectivity index is 1.88. The molecule has 1 saturated carbocycles. The molecule has 0 saturated heterocycles. The minimum atomic E-state index is -0.231. The molecule has 3 nitrogen and oxygen atoms in total. The topological polar surface area (TPSA) is 41.5 Å². The van der Waals surface area contributed by atoms with Crippen molar-refractivity contribution in [3.8, 4) is 5.75 Å². The number of aliphatic hydroxyl groups is 1. The summed E-state index contributed by atoms with van der Waals surface area (Å²) in [4.78, 5) is 0. The lowest BCUT2D eigenvalue weighted by molar-refractivity contribution is 0.252. The number of ether oxygens (including phenoxy) is 1. The van der Waals surface area contributed by atoms with Crippen molar-refractivity contribution in [2.45, 2.75) is 38.3 Å². The first kappa shape index (κ1) is 13.3. The zero-order valence-corrected chi connectivity index (χ0v) is 10.5. The van der Waals surface area contributed by atoms with Gasteiger partial charge < -0.3 is 15.2 Å². The van der Waals surface area contributed by atoms with Gasteiger partial charge in [0.25, 0.3) is 0 Å². The lowest BCUT2D eigenvalue weighted by Gasteiger charge is -2.12. The molecule has 0 bridgehead atoms. The van der Waals surface area contributed by atoms with Gasteiger partial charge in [0.15, 0.2) is 0 Å². The predicted molar refractivity (Wildman–Crippen MR) is 68.1 cm³/mol. The molecule has 2 rings (SSSR count). The van der Waals surface area contributed by atoms with Gasteiger partial charge in [-0.2, -0.15) is 0 Å². The molecule has 4 heteroatoms. The first-order valence-electron chi connectivity index (χ1n) is 6.55. The second kappa shape index (κ2) is 6.71. The summed E-state index contributed by atoms with van der Waals surface area (Å²) in [6.45, 7) is 1.39. The average molecular weight is 253 g/mol. The van der Waals surface area contributed by atoms with Gasteiger partial charge in [-0.1, -0.05) is 0 Å². The van der Waals surface area contributed by atoms with Crippen molar-refractivity contribution in [3.05, 3.63) is 29.6 Å². The Kier molecular flexibility index (Phi) is 4.96. The third-order valence-electron chi connectivity index (χ3n) is 2.99. The molecule has 0 spiro atoms. The molecule has 0 unspecified atom stereocenters. The Morgan fingerprint density at radius 3 is 2.89 bits per heavy atom. The molecule has 1 aliphatic rings. The summed E-state index contributed by atoms with van der Waals surface area (Å²) in [5, 5.41) is 12.0. The zero-order valence-electron chi connectivity index (χ0n) is 10.5. The lowest BCUT2D eigenvalue weighted by atomic mass is 10.2. The van der Waals surface area contributed by atoms with Crippen molar-refractivity contribution in [1.82, 2.24) is 5.32 Å². The number of benzene rings is 1. The quantitative estimate of drug-likeness (QED) is 0.698. The average Bonchev–Trinajstić information content (AvgIpc) is 3.18. The highest BCUT2D eigenvalue weighted by Gasteiger charge is 2.20. The standard InChI is InChI=1S/C14H20FNO2/c15-12-3-6-14(18-8-2-1-7-17)11(9-12)10-16-13-4-5-13/h3,6,9,13,16-17H,1-2,4-5,7-8,10H2. The Bertz CT molecular complexity index is 380. The number of aliphatic hydroxyl groups excluding tert-OH is 1. The molecule has 0 amide bonds. The van der Waals surface area contributed by atoms with Gasteiger partial charge in [-0.3, -0.25) is 0 Å². The molecular weight excluding hydrogens is 233 g/mol. The highest BCUT2D eigenvalue weighted by atomic mass is 19.1. The maximum absolute atomic E-state index is 13.2. The number of unbranched alkanes of at least 4 members (excludes halogenated alkanes) is 1. The van der Waals surface area contributed by atoms with E-state index in [0.717, 1.165) is 24.2 Å². The fraction of sp³-hybridized carbons (Fsp3) is 0.571. The van der Waals surface area contributed by atoms with Crippen molar-refractivity contribution < 1.29 is 14.2 Å². The molecule has 0 aliphatic heterocycles. The maximum Gasteiger partial charge on any atom is 0.123 e. The van der Waals surface area contributed by atoms with Crippen LogP contribution in [0.3, 0.4) is 0 Å². The Morgan fingerprint density at radius 2 is 2.17 bits per heavy atom. The molecule has 0 radical (unpaired) electrons. The SMILES string of the molecule is OCCCCOc1ccc(F)cc1CNC1CC1. The van der Waals surface area contributed by atoms with Gasteiger partial charge >= 0.3 is 0 Å². The summed E-state index contributed by atoms with van der Waals surface area (Å²) < 4.78 is 18.8. The van der Waals surface area contributed by atoms with E-state index in [0.29, 0.717) is 19.2 Å². The number of rotatable bonds is 8. The van der Waals surface area contributed by atoms with E-state index in [1.807, 2.05) is 0 Å². The van der Waals surface area contributed by atoms with Crippen LogP contribution in [-0.2, 0) is 6.54 Å². The van der Waals surface area contributed by atoms with Crippen molar-refractivity contribution in [1.29, 1.82) is 0 Å². The fourth-order valence-electron chi connectivity index (χ4n) is 1.76. The molecule has 100 valence electrons. The van der Waals surface area contributed by atoms with Crippen LogP contribution in [0.1, 0.15) is 31.2 Å². The predicted octanol–water partition coefficient (Wildman–Crippen LogP) is 2.23. The maximum atomic E-state index is 13.2. The van der Waals surface area contributed by atoms with Crippen LogP contribution in [0.4, 0.5) is 4.39 Å². The van der Waals surface area contributed by atoms with Gasteiger partial charge in [0.1, 0.15) is 11.6 Å². The van der Waals surface area contributed by atoms with Crippen LogP contribution in [-0.4, -0.2) is 24.4 Å². The van der Waals surface area contributed by atoms with Gasteiger partial charge in [-0.05, 0) is 43.9 Å². The van der Waals surface area contributed by atoms with Crippen LogP contribution >= 0.6 is 0 Å². The minimum Gasteiger partial charge on any atom is -0.493 e. The molecule has 1 aromatic carbocycles. The number of hydrogen-bond acceptors (Lipinski definition) is 3. The molecule has 1 aliphatic carbocycles. The molecular formula is C14H20FNO2. The summed E-state index contributed by atoms with van der Waals surface area (Å²) in [6, 6.07) is 5.22. The van der Waals surface area contributed by atoms with Crippen LogP contribution in [0.5, 0.6) is 5.75 Å². The van der Waals surface area contributed by atoms with Gasteiger partial charge in [-0.25, -0.2) is 4.39 Å². The summed E-state index contributed by atoms with van der Waals surface area (Å²) in [6.07, 6.45) is 3.96. The van der Waals surface area contributed by atoms with Crippen LogP contribution in [0.25, 0.3) is 0 Å². The third kappa shape index (κ3) is 4.27. The molecule has 18 heavy (non-hydrogen) atoms. The lowest BCUT2D eigenvalue weighted by Crippen LogP contribution is -2.16. The molecule has 0 atom stereocenters. The van der Waals surface area contributed by atoms with Gasteiger partial charge in [-0.15, -0.1) is 0 Å². The summed E-state index contributed by atoms with van der Waals surface area (Å²) in [5.74, 6) is 0.507. The van der Waals surface area contributed by atoms with E-state index in [9.17, 15) is 4.39 Å². The zero-order chi connectivity index (χ0) is 12.8. The van der Waals surface area contributed by atoms with E-state index >= 15 is 0 Å². The van der Waals surface area contributed by atoms with Gasteiger partial charge in [0, 0.05) is 24.8 Å². The first-order valence-corrected chi connectivity index (χ1v) is 6.55. The van der Waals surface area contributed by atoms with Crippen LogP contribution in [0.2, 0.25) is 0 Å². The Morgan fingerprint density at radius 1 is 1.33 bits per heavy atom. The largest absolute Gasteiger partial charge is 0.493 e. The van der Waals surface area contributed by atoms with Gasteiger partial charge in [0.05, 0.1) is 6.61 Å². The molecule has 0 aromatic heterocycles. The number of halogens is 1. The van der Waals surface area contributed by atoms with E-state index in [1.165, 1.54) is 25.0 Å². The minimum absolute atomic E-state index is 0.183. The molecule has 1 aromatic rings. The fourth-order valence-corrected chi connectivity index (χ4v) is 1.76. The van der Waals surface area contributed by atoms with E-state index in [2.05, 4.69) is 5.32 Å². The van der Waals surface area contributed by atoms with Crippen molar-refractivity contribution in [3.63, 3.8) is 0 Å². The van der Waals surface area contributed by atoms with Crippen molar-refractivity contribution in [2.24, 2.45) is 0 Å². The van der Waals surface area contributed by atoms with E-state index in [1.54, 1.807) is 6.07 Å². The number of hydrogen-bond donors (Lipinski definition) is 2. The van der Waals surface area contributed by atoms with E-state index in [4.69, 9.17) is 9.84 Å². The Labute approximate surface area is 107 Å².